The van der Waals surface area contributed by atoms with E-state index < -0.39 is 5.54 Å². The van der Waals surface area contributed by atoms with Gasteiger partial charge in [0.25, 0.3) is 0 Å². The van der Waals surface area contributed by atoms with Crippen LogP contribution < -0.4 is 10.6 Å². The van der Waals surface area contributed by atoms with E-state index in [0.29, 0.717) is 12.1 Å². The van der Waals surface area contributed by atoms with Crippen LogP contribution in [0.3, 0.4) is 0 Å². The van der Waals surface area contributed by atoms with E-state index in [4.69, 9.17) is 0 Å². The average Bonchev–Trinajstić information content (AvgIpc) is 3.04. The molecule has 110 valence electrons. The predicted octanol–water partition coefficient (Wildman–Crippen LogP) is 1.38. The van der Waals surface area contributed by atoms with Gasteiger partial charge in [0.2, 0.25) is 0 Å². The molecule has 2 amide bonds. The zero-order chi connectivity index (χ0) is 14.9. The molecule has 0 saturated heterocycles. The lowest BCUT2D eigenvalue weighted by Crippen LogP contribution is -2.48. The van der Waals surface area contributed by atoms with Gasteiger partial charge in [-0.05, 0) is 24.0 Å². The lowest BCUT2D eigenvalue weighted by molar-refractivity contribution is 0.164. The molecule has 1 heterocycles. The van der Waals surface area contributed by atoms with Crippen molar-refractivity contribution in [3.63, 3.8) is 0 Å². The SMILES string of the molecule is Cn1cc(NC(=O)NC2(CO)CCc3ccccc32)cn1. The molecule has 2 aromatic rings. The van der Waals surface area contributed by atoms with E-state index in [1.807, 2.05) is 24.3 Å². The van der Waals surface area contributed by atoms with Crippen molar-refractivity contribution in [3.8, 4) is 0 Å². The van der Waals surface area contributed by atoms with Crippen LogP contribution in [-0.4, -0.2) is 27.5 Å². The van der Waals surface area contributed by atoms with Crippen molar-refractivity contribution >= 4 is 11.7 Å². The normalized spacial score (nSPS) is 20.1. The number of rotatable bonds is 3. The monoisotopic (exact) mass is 286 g/mol. The molecule has 0 aliphatic heterocycles. The molecule has 0 bridgehead atoms. The number of nitrogens with one attached hydrogen (secondary N) is 2. The highest BCUT2D eigenvalue weighted by Gasteiger charge is 2.39. The molecular weight excluding hydrogens is 268 g/mol. The minimum Gasteiger partial charge on any atom is -0.394 e. The first-order chi connectivity index (χ1) is 10.1. The number of benzene rings is 1. The van der Waals surface area contributed by atoms with Crippen LogP contribution >= 0.6 is 0 Å². The summed E-state index contributed by atoms with van der Waals surface area (Å²) < 4.78 is 1.61. The number of aliphatic hydroxyl groups excluding tert-OH is 1. The summed E-state index contributed by atoms with van der Waals surface area (Å²) in [6.45, 7) is -0.121. The van der Waals surface area contributed by atoms with Crippen molar-refractivity contribution in [1.29, 1.82) is 0 Å². The molecule has 3 N–H and O–H groups in total. The van der Waals surface area contributed by atoms with E-state index in [2.05, 4.69) is 15.7 Å². The Morgan fingerprint density at radius 3 is 3.00 bits per heavy atom. The summed E-state index contributed by atoms with van der Waals surface area (Å²) in [7, 11) is 1.78. The maximum Gasteiger partial charge on any atom is 0.320 e. The lowest BCUT2D eigenvalue weighted by atomic mass is 9.93. The van der Waals surface area contributed by atoms with E-state index in [0.717, 1.165) is 12.0 Å². The number of aryl methyl sites for hydroxylation is 2. The number of aliphatic hydroxyl groups is 1. The molecule has 6 nitrogen and oxygen atoms in total. The molecule has 1 aliphatic rings. The fourth-order valence-corrected chi connectivity index (χ4v) is 2.89. The largest absolute Gasteiger partial charge is 0.394 e. The lowest BCUT2D eigenvalue weighted by Gasteiger charge is -2.29. The number of fused-ring (bicyclic) bond motifs is 1. The average molecular weight is 286 g/mol. The second kappa shape index (κ2) is 5.21. The maximum atomic E-state index is 12.2. The summed E-state index contributed by atoms with van der Waals surface area (Å²) in [5.74, 6) is 0. The first kappa shape index (κ1) is 13.6. The minimum atomic E-state index is -0.705. The topological polar surface area (TPSA) is 79.2 Å². The zero-order valence-corrected chi connectivity index (χ0v) is 11.8. The van der Waals surface area contributed by atoms with E-state index >= 15 is 0 Å². The highest BCUT2D eigenvalue weighted by Crippen LogP contribution is 2.36. The van der Waals surface area contributed by atoms with Gasteiger partial charge in [0.1, 0.15) is 0 Å². The fraction of sp³-hybridized carbons (Fsp3) is 0.333. The van der Waals surface area contributed by atoms with Crippen molar-refractivity contribution in [2.24, 2.45) is 7.05 Å². The van der Waals surface area contributed by atoms with Gasteiger partial charge in [-0.25, -0.2) is 4.79 Å². The van der Waals surface area contributed by atoms with Crippen LogP contribution in [0.4, 0.5) is 10.5 Å². The molecule has 1 aromatic heterocycles. The molecule has 1 atom stereocenters. The Morgan fingerprint density at radius 1 is 1.48 bits per heavy atom. The van der Waals surface area contributed by atoms with Crippen molar-refractivity contribution in [2.45, 2.75) is 18.4 Å². The number of urea groups is 1. The molecule has 3 rings (SSSR count). The van der Waals surface area contributed by atoms with Gasteiger partial charge in [-0.1, -0.05) is 24.3 Å². The fourth-order valence-electron chi connectivity index (χ4n) is 2.89. The summed E-state index contributed by atoms with van der Waals surface area (Å²) in [4.78, 5) is 12.2. The second-order valence-corrected chi connectivity index (χ2v) is 5.38. The third kappa shape index (κ3) is 2.50. The number of carbonyl (C=O) groups excluding carboxylic acids is 1. The zero-order valence-electron chi connectivity index (χ0n) is 11.8. The highest BCUT2D eigenvalue weighted by molar-refractivity contribution is 5.89. The molecule has 0 radical (unpaired) electrons. The minimum absolute atomic E-state index is 0.121. The molecule has 0 spiro atoms. The Kier molecular flexibility index (Phi) is 3.39. The van der Waals surface area contributed by atoms with Crippen LogP contribution in [0.25, 0.3) is 0 Å². The van der Waals surface area contributed by atoms with Crippen LogP contribution in [0.1, 0.15) is 17.5 Å². The van der Waals surface area contributed by atoms with Crippen molar-refractivity contribution in [3.05, 3.63) is 47.8 Å². The van der Waals surface area contributed by atoms with Crippen LogP contribution in [0.2, 0.25) is 0 Å². The summed E-state index contributed by atoms with van der Waals surface area (Å²) in [5, 5.41) is 19.5. The van der Waals surface area contributed by atoms with E-state index in [1.54, 1.807) is 24.1 Å². The Balaban J connectivity index is 1.78. The second-order valence-electron chi connectivity index (χ2n) is 5.38. The van der Waals surface area contributed by atoms with Crippen molar-refractivity contribution < 1.29 is 9.90 Å². The molecular formula is C15H18N4O2. The standard InChI is InChI=1S/C15H18N4O2/c1-19-9-12(8-16-19)17-14(21)18-15(10-20)7-6-11-4-2-3-5-13(11)15/h2-5,8-9,20H,6-7,10H2,1H3,(H2,17,18,21). The summed E-state index contributed by atoms with van der Waals surface area (Å²) in [6, 6.07) is 7.56. The molecule has 1 aliphatic carbocycles. The Bertz CT molecular complexity index is 667. The molecule has 0 fully saturated rings. The molecule has 6 heteroatoms. The molecule has 0 saturated carbocycles. The molecule has 21 heavy (non-hydrogen) atoms. The Hall–Kier alpha value is -2.34. The van der Waals surface area contributed by atoms with Gasteiger partial charge in [-0.3, -0.25) is 4.68 Å². The van der Waals surface area contributed by atoms with Gasteiger partial charge >= 0.3 is 6.03 Å². The number of hydrogen-bond donors (Lipinski definition) is 3. The summed E-state index contributed by atoms with van der Waals surface area (Å²) in [6.07, 6.45) is 4.84. The Labute approximate surface area is 122 Å². The van der Waals surface area contributed by atoms with E-state index in [-0.39, 0.29) is 12.6 Å². The third-order valence-electron chi connectivity index (χ3n) is 3.94. The first-order valence-corrected chi connectivity index (χ1v) is 6.90. The number of nitrogens with zero attached hydrogens (tertiary/aromatic N) is 2. The van der Waals surface area contributed by atoms with E-state index in [9.17, 15) is 9.90 Å². The van der Waals surface area contributed by atoms with Gasteiger partial charge in [-0.2, -0.15) is 5.10 Å². The smallest absolute Gasteiger partial charge is 0.320 e. The van der Waals surface area contributed by atoms with Gasteiger partial charge in [0.05, 0.1) is 24.0 Å². The highest BCUT2D eigenvalue weighted by atomic mass is 16.3. The van der Waals surface area contributed by atoms with Gasteiger partial charge in [0, 0.05) is 13.2 Å². The quantitative estimate of drug-likeness (QED) is 0.797. The van der Waals surface area contributed by atoms with Crippen molar-refractivity contribution in [1.82, 2.24) is 15.1 Å². The molecule has 1 aromatic carbocycles. The van der Waals surface area contributed by atoms with E-state index in [1.165, 1.54) is 5.56 Å². The Morgan fingerprint density at radius 2 is 2.29 bits per heavy atom. The number of anilines is 1. The van der Waals surface area contributed by atoms with Crippen LogP contribution in [0, 0.1) is 0 Å². The van der Waals surface area contributed by atoms with Gasteiger partial charge in [-0.15, -0.1) is 0 Å². The van der Waals surface area contributed by atoms with Crippen LogP contribution in [0.5, 0.6) is 0 Å². The summed E-state index contributed by atoms with van der Waals surface area (Å²) >= 11 is 0. The predicted molar refractivity (Wildman–Crippen MR) is 78.9 cm³/mol. The first-order valence-electron chi connectivity index (χ1n) is 6.90. The third-order valence-corrected chi connectivity index (χ3v) is 3.94. The number of amides is 2. The van der Waals surface area contributed by atoms with Gasteiger partial charge in [0.15, 0.2) is 0 Å². The van der Waals surface area contributed by atoms with Crippen molar-refractivity contribution in [2.75, 3.05) is 11.9 Å². The number of aromatic nitrogens is 2. The summed E-state index contributed by atoms with van der Waals surface area (Å²) in [5.41, 5.74) is 2.08. The van der Waals surface area contributed by atoms with Crippen LogP contribution in [0.15, 0.2) is 36.7 Å². The van der Waals surface area contributed by atoms with Crippen LogP contribution in [-0.2, 0) is 19.0 Å². The number of hydrogen-bond acceptors (Lipinski definition) is 3. The number of carbonyl (C=O) groups is 1. The molecule has 1 unspecified atom stereocenters. The maximum absolute atomic E-state index is 12.2. The van der Waals surface area contributed by atoms with Gasteiger partial charge < -0.3 is 15.7 Å².